The standard InChI is InChI=1S/C12H10BrNO2/c1-8-5-9(13)7-14-12(8)16-11-4-2-3-10(15)6-11/h2-7,15H,1H3. The molecule has 1 heterocycles. The Morgan fingerprint density at radius 1 is 1.31 bits per heavy atom. The molecule has 0 spiro atoms. The van der Waals surface area contributed by atoms with Crippen molar-refractivity contribution in [2.75, 3.05) is 0 Å². The van der Waals surface area contributed by atoms with Crippen LogP contribution in [0.1, 0.15) is 5.56 Å². The summed E-state index contributed by atoms with van der Waals surface area (Å²) in [5, 5.41) is 9.30. The molecule has 0 aliphatic rings. The fourth-order valence-corrected chi connectivity index (χ4v) is 1.74. The fraction of sp³-hybridized carbons (Fsp3) is 0.0833. The topological polar surface area (TPSA) is 42.4 Å². The van der Waals surface area contributed by atoms with E-state index in [0.717, 1.165) is 10.0 Å². The summed E-state index contributed by atoms with van der Waals surface area (Å²) in [4.78, 5) is 4.15. The van der Waals surface area contributed by atoms with Crippen LogP contribution in [0.3, 0.4) is 0 Å². The third-order valence-electron chi connectivity index (χ3n) is 2.03. The van der Waals surface area contributed by atoms with Crippen molar-refractivity contribution < 1.29 is 9.84 Å². The number of hydrogen-bond donors (Lipinski definition) is 1. The molecule has 0 saturated carbocycles. The number of phenols is 1. The Balaban J connectivity index is 2.27. The Hall–Kier alpha value is -1.55. The molecule has 0 bridgehead atoms. The second kappa shape index (κ2) is 4.53. The molecule has 2 rings (SSSR count). The zero-order valence-electron chi connectivity index (χ0n) is 8.64. The molecule has 0 fully saturated rings. The smallest absolute Gasteiger partial charge is 0.222 e. The molecule has 4 heteroatoms. The van der Waals surface area contributed by atoms with Crippen molar-refractivity contribution in [3.05, 3.63) is 46.6 Å². The highest BCUT2D eigenvalue weighted by molar-refractivity contribution is 9.10. The lowest BCUT2D eigenvalue weighted by Gasteiger charge is -2.07. The van der Waals surface area contributed by atoms with Crippen LogP contribution in [-0.4, -0.2) is 10.1 Å². The van der Waals surface area contributed by atoms with Gasteiger partial charge in [0.1, 0.15) is 11.5 Å². The number of aryl methyl sites for hydroxylation is 1. The summed E-state index contributed by atoms with van der Waals surface area (Å²) in [6.07, 6.45) is 1.67. The fourth-order valence-electron chi connectivity index (χ4n) is 1.29. The first-order chi connectivity index (χ1) is 7.65. The molecule has 2 aromatic rings. The maximum absolute atomic E-state index is 9.30. The minimum atomic E-state index is 0.173. The van der Waals surface area contributed by atoms with Crippen LogP contribution in [0.15, 0.2) is 41.0 Å². The Labute approximate surface area is 102 Å². The average molecular weight is 280 g/mol. The van der Waals surface area contributed by atoms with Crippen molar-refractivity contribution in [3.63, 3.8) is 0 Å². The van der Waals surface area contributed by atoms with Gasteiger partial charge in [-0.05, 0) is 41.1 Å². The first-order valence-corrected chi connectivity index (χ1v) is 5.53. The molecule has 1 N–H and O–H groups in total. The van der Waals surface area contributed by atoms with Crippen LogP contribution in [0.2, 0.25) is 0 Å². The summed E-state index contributed by atoms with van der Waals surface area (Å²) in [6.45, 7) is 1.91. The van der Waals surface area contributed by atoms with Gasteiger partial charge in [-0.2, -0.15) is 0 Å². The van der Waals surface area contributed by atoms with Gasteiger partial charge in [-0.25, -0.2) is 4.98 Å². The molecule has 82 valence electrons. The van der Waals surface area contributed by atoms with Crippen LogP contribution in [0.25, 0.3) is 0 Å². The molecular formula is C12H10BrNO2. The van der Waals surface area contributed by atoms with Gasteiger partial charge in [0.2, 0.25) is 5.88 Å². The van der Waals surface area contributed by atoms with Gasteiger partial charge in [-0.15, -0.1) is 0 Å². The lowest BCUT2D eigenvalue weighted by Crippen LogP contribution is -1.90. The van der Waals surface area contributed by atoms with Crippen molar-refractivity contribution in [1.82, 2.24) is 4.98 Å². The van der Waals surface area contributed by atoms with E-state index in [2.05, 4.69) is 20.9 Å². The van der Waals surface area contributed by atoms with E-state index in [0.29, 0.717) is 11.6 Å². The van der Waals surface area contributed by atoms with Crippen molar-refractivity contribution in [3.8, 4) is 17.4 Å². The second-order valence-electron chi connectivity index (χ2n) is 3.38. The predicted octanol–water partition coefficient (Wildman–Crippen LogP) is 3.65. The van der Waals surface area contributed by atoms with E-state index >= 15 is 0 Å². The normalized spacial score (nSPS) is 10.1. The van der Waals surface area contributed by atoms with Crippen LogP contribution in [-0.2, 0) is 0 Å². The van der Waals surface area contributed by atoms with E-state index < -0.39 is 0 Å². The highest BCUT2D eigenvalue weighted by Crippen LogP contribution is 2.26. The molecule has 16 heavy (non-hydrogen) atoms. The Bertz CT molecular complexity index is 514. The Kier molecular flexibility index (Phi) is 3.10. The van der Waals surface area contributed by atoms with E-state index in [1.165, 1.54) is 0 Å². The molecule has 0 aliphatic heterocycles. The number of benzene rings is 1. The molecule has 0 unspecified atom stereocenters. The molecule has 1 aromatic heterocycles. The summed E-state index contributed by atoms with van der Waals surface area (Å²) in [6, 6.07) is 8.55. The molecule has 0 atom stereocenters. The number of nitrogens with zero attached hydrogens (tertiary/aromatic N) is 1. The van der Waals surface area contributed by atoms with Gasteiger partial charge >= 0.3 is 0 Å². The molecule has 0 radical (unpaired) electrons. The monoisotopic (exact) mass is 279 g/mol. The summed E-state index contributed by atoms with van der Waals surface area (Å²) in [5.74, 6) is 1.28. The Morgan fingerprint density at radius 3 is 2.81 bits per heavy atom. The maximum atomic E-state index is 9.30. The number of phenolic OH excluding ortho intramolecular Hbond substituents is 1. The van der Waals surface area contributed by atoms with Crippen molar-refractivity contribution in [2.45, 2.75) is 6.92 Å². The highest BCUT2D eigenvalue weighted by Gasteiger charge is 2.03. The zero-order chi connectivity index (χ0) is 11.5. The van der Waals surface area contributed by atoms with Gasteiger partial charge in [-0.1, -0.05) is 6.07 Å². The SMILES string of the molecule is Cc1cc(Br)cnc1Oc1cccc(O)c1. The average Bonchev–Trinajstić information content (AvgIpc) is 2.22. The van der Waals surface area contributed by atoms with Crippen LogP contribution in [0, 0.1) is 6.92 Å². The highest BCUT2D eigenvalue weighted by atomic mass is 79.9. The third-order valence-corrected chi connectivity index (χ3v) is 2.46. The quantitative estimate of drug-likeness (QED) is 0.913. The largest absolute Gasteiger partial charge is 0.508 e. The summed E-state index contributed by atoms with van der Waals surface area (Å²) < 4.78 is 6.46. The van der Waals surface area contributed by atoms with E-state index in [9.17, 15) is 5.11 Å². The van der Waals surface area contributed by atoms with Gasteiger partial charge in [0.15, 0.2) is 0 Å². The molecule has 0 saturated heterocycles. The van der Waals surface area contributed by atoms with Gasteiger partial charge in [0.25, 0.3) is 0 Å². The summed E-state index contributed by atoms with van der Waals surface area (Å²) in [5.41, 5.74) is 0.928. The molecule has 1 aromatic carbocycles. The van der Waals surface area contributed by atoms with Crippen LogP contribution < -0.4 is 4.74 Å². The zero-order valence-corrected chi connectivity index (χ0v) is 10.2. The number of halogens is 1. The molecule has 0 amide bonds. The van der Waals surface area contributed by atoms with Crippen molar-refractivity contribution in [1.29, 1.82) is 0 Å². The number of aromatic hydroxyl groups is 1. The Morgan fingerprint density at radius 2 is 2.12 bits per heavy atom. The van der Waals surface area contributed by atoms with E-state index in [1.807, 2.05) is 13.0 Å². The maximum Gasteiger partial charge on any atom is 0.222 e. The number of hydrogen-bond acceptors (Lipinski definition) is 3. The lowest BCUT2D eigenvalue weighted by atomic mass is 10.3. The summed E-state index contributed by atoms with van der Waals surface area (Å²) in [7, 11) is 0. The van der Waals surface area contributed by atoms with E-state index in [-0.39, 0.29) is 5.75 Å². The second-order valence-corrected chi connectivity index (χ2v) is 4.29. The van der Waals surface area contributed by atoms with Crippen LogP contribution in [0.5, 0.6) is 17.4 Å². The van der Waals surface area contributed by atoms with Crippen molar-refractivity contribution >= 4 is 15.9 Å². The van der Waals surface area contributed by atoms with E-state index in [1.54, 1.807) is 30.5 Å². The number of aromatic nitrogens is 1. The minimum absolute atomic E-state index is 0.173. The number of ether oxygens (including phenoxy) is 1. The van der Waals surface area contributed by atoms with Gasteiger partial charge in [0, 0.05) is 22.3 Å². The number of rotatable bonds is 2. The summed E-state index contributed by atoms with van der Waals surface area (Å²) >= 11 is 3.34. The van der Waals surface area contributed by atoms with E-state index in [4.69, 9.17) is 4.74 Å². The molecular weight excluding hydrogens is 270 g/mol. The van der Waals surface area contributed by atoms with Crippen LogP contribution >= 0.6 is 15.9 Å². The van der Waals surface area contributed by atoms with Gasteiger partial charge in [-0.3, -0.25) is 0 Å². The predicted molar refractivity (Wildman–Crippen MR) is 64.9 cm³/mol. The molecule has 0 aliphatic carbocycles. The van der Waals surface area contributed by atoms with Crippen LogP contribution in [0.4, 0.5) is 0 Å². The van der Waals surface area contributed by atoms with Gasteiger partial charge < -0.3 is 9.84 Å². The minimum Gasteiger partial charge on any atom is -0.508 e. The first-order valence-electron chi connectivity index (χ1n) is 4.74. The molecule has 3 nitrogen and oxygen atoms in total. The number of pyridine rings is 1. The lowest BCUT2D eigenvalue weighted by molar-refractivity contribution is 0.443. The van der Waals surface area contributed by atoms with Crippen molar-refractivity contribution in [2.24, 2.45) is 0 Å². The van der Waals surface area contributed by atoms with Gasteiger partial charge in [0.05, 0.1) is 0 Å². The third kappa shape index (κ3) is 2.52. The first kappa shape index (κ1) is 11.0.